The zero-order valence-electron chi connectivity index (χ0n) is 8.91. The second-order valence-corrected chi connectivity index (χ2v) is 3.11. The molecule has 0 saturated heterocycles. The van der Waals surface area contributed by atoms with Crippen LogP contribution in [0.4, 0.5) is 13.2 Å². The van der Waals surface area contributed by atoms with Crippen LogP contribution in [0, 0.1) is 5.95 Å². The van der Waals surface area contributed by atoms with Gasteiger partial charge in [0.2, 0.25) is 5.95 Å². The van der Waals surface area contributed by atoms with E-state index in [4.69, 9.17) is 0 Å². The lowest BCUT2D eigenvalue weighted by Gasteiger charge is -2.08. The number of hydrogen-bond donors (Lipinski definition) is 1. The molecule has 17 heavy (non-hydrogen) atoms. The van der Waals surface area contributed by atoms with Crippen LogP contribution in [0.1, 0.15) is 24.6 Å². The molecular weight excluding hydrogens is 239 g/mol. The third-order valence-corrected chi connectivity index (χ3v) is 1.92. The first-order chi connectivity index (χ1) is 7.95. The topological polar surface area (TPSA) is 59.4 Å². The molecule has 0 radical (unpaired) electrons. The second kappa shape index (κ2) is 5.51. The van der Waals surface area contributed by atoms with Crippen molar-refractivity contribution in [3.05, 3.63) is 23.3 Å². The van der Waals surface area contributed by atoms with Crippen molar-refractivity contribution >= 4 is 5.97 Å². The molecule has 94 valence electrons. The molecule has 0 bridgehead atoms. The summed E-state index contributed by atoms with van der Waals surface area (Å²) in [5.41, 5.74) is -1.35. The summed E-state index contributed by atoms with van der Waals surface area (Å²) in [6.45, 7) is 1.65. The average molecular weight is 249 g/mol. The smallest absolute Gasteiger partial charge is 0.312 e. The summed E-state index contributed by atoms with van der Waals surface area (Å²) < 4.78 is 42.2. The van der Waals surface area contributed by atoms with Crippen LogP contribution in [-0.4, -0.2) is 22.7 Å². The molecule has 0 unspecified atom stereocenters. The monoisotopic (exact) mass is 249 g/mol. The van der Waals surface area contributed by atoms with Crippen molar-refractivity contribution in [3.8, 4) is 5.75 Å². The predicted octanol–water partition coefficient (Wildman–Crippen LogP) is 1.97. The van der Waals surface area contributed by atoms with Crippen molar-refractivity contribution in [3.63, 3.8) is 0 Å². The van der Waals surface area contributed by atoms with E-state index in [2.05, 4.69) is 9.72 Å². The minimum atomic E-state index is -3.05. The first-order valence-electron chi connectivity index (χ1n) is 4.77. The number of halogens is 3. The van der Waals surface area contributed by atoms with Gasteiger partial charge in [0.1, 0.15) is 5.75 Å². The fourth-order valence-electron chi connectivity index (χ4n) is 1.22. The summed E-state index contributed by atoms with van der Waals surface area (Å²) in [4.78, 5) is 14.3. The van der Waals surface area contributed by atoms with E-state index in [1.54, 1.807) is 6.92 Å². The number of aromatic nitrogens is 1. The highest BCUT2D eigenvalue weighted by atomic mass is 19.3. The van der Waals surface area contributed by atoms with E-state index in [9.17, 15) is 23.1 Å². The Morgan fingerprint density at radius 1 is 1.59 bits per heavy atom. The van der Waals surface area contributed by atoms with Gasteiger partial charge in [-0.3, -0.25) is 4.79 Å². The van der Waals surface area contributed by atoms with Gasteiger partial charge < -0.3 is 9.84 Å². The molecule has 0 aliphatic rings. The fraction of sp³-hybridized carbons (Fsp3) is 0.400. The van der Waals surface area contributed by atoms with Crippen LogP contribution >= 0.6 is 0 Å². The van der Waals surface area contributed by atoms with E-state index in [0.717, 1.165) is 0 Å². The molecular formula is C10H10F3NO3. The van der Waals surface area contributed by atoms with Crippen LogP contribution in [0.5, 0.6) is 5.75 Å². The van der Waals surface area contributed by atoms with E-state index in [1.165, 1.54) is 0 Å². The number of alkyl halides is 2. The number of pyridine rings is 1. The zero-order valence-corrected chi connectivity index (χ0v) is 8.91. The van der Waals surface area contributed by atoms with Gasteiger partial charge in [0.05, 0.1) is 24.3 Å². The van der Waals surface area contributed by atoms with Crippen LogP contribution in [-0.2, 0) is 16.0 Å². The van der Waals surface area contributed by atoms with Gasteiger partial charge >= 0.3 is 5.97 Å². The standard InChI is InChI=1S/C10H10F3NO3/c1-2-17-8(15)4-6-9(16)5(10(12)13)3-7(11)14-6/h3,10,16H,2,4H2,1H3. The van der Waals surface area contributed by atoms with E-state index < -0.39 is 41.8 Å². The second-order valence-electron chi connectivity index (χ2n) is 3.11. The summed E-state index contributed by atoms with van der Waals surface area (Å²) in [6, 6.07) is 0.425. The Kier molecular flexibility index (Phi) is 4.30. The third kappa shape index (κ3) is 3.33. The van der Waals surface area contributed by atoms with Crippen LogP contribution in [0.3, 0.4) is 0 Å². The number of esters is 1. The largest absolute Gasteiger partial charge is 0.506 e. The summed E-state index contributed by atoms with van der Waals surface area (Å²) in [6.07, 6.45) is -3.61. The molecule has 0 fully saturated rings. The molecule has 0 atom stereocenters. The summed E-state index contributed by atoms with van der Waals surface area (Å²) in [5.74, 6) is -2.84. The lowest BCUT2D eigenvalue weighted by molar-refractivity contribution is -0.142. The Balaban J connectivity index is 3.03. The van der Waals surface area contributed by atoms with Crippen molar-refractivity contribution < 1.29 is 27.8 Å². The highest BCUT2D eigenvalue weighted by Gasteiger charge is 2.20. The Hall–Kier alpha value is -1.79. The highest BCUT2D eigenvalue weighted by Crippen LogP contribution is 2.30. The van der Waals surface area contributed by atoms with Crippen molar-refractivity contribution in [1.82, 2.24) is 4.98 Å². The quantitative estimate of drug-likeness (QED) is 0.654. The highest BCUT2D eigenvalue weighted by molar-refractivity contribution is 5.73. The molecule has 1 N–H and O–H groups in total. The maximum Gasteiger partial charge on any atom is 0.312 e. The Labute approximate surface area is 95.0 Å². The molecule has 4 nitrogen and oxygen atoms in total. The maximum absolute atomic E-state index is 12.9. The number of hydrogen-bond acceptors (Lipinski definition) is 4. The molecule has 0 aliphatic heterocycles. The molecule has 0 spiro atoms. The molecule has 7 heteroatoms. The van der Waals surface area contributed by atoms with E-state index >= 15 is 0 Å². The molecule has 0 saturated carbocycles. The lowest BCUT2D eigenvalue weighted by Crippen LogP contribution is -2.10. The van der Waals surface area contributed by atoms with Gasteiger partial charge in [-0.05, 0) is 6.92 Å². The molecule has 1 aromatic heterocycles. The number of rotatable bonds is 4. The number of nitrogens with zero attached hydrogens (tertiary/aromatic N) is 1. The van der Waals surface area contributed by atoms with Crippen molar-refractivity contribution in [1.29, 1.82) is 0 Å². The Morgan fingerprint density at radius 3 is 2.76 bits per heavy atom. The number of carbonyl (C=O) groups excluding carboxylic acids is 1. The summed E-state index contributed by atoms with van der Waals surface area (Å²) in [5, 5.41) is 9.38. The molecule has 1 heterocycles. The summed E-state index contributed by atoms with van der Waals surface area (Å²) in [7, 11) is 0. The first kappa shape index (κ1) is 13.3. The van der Waals surface area contributed by atoms with Crippen LogP contribution in [0.25, 0.3) is 0 Å². The minimum absolute atomic E-state index is 0.0939. The third-order valence-electron chi connectivity index (χ3n) is 1.92. The zero-order chi connectivity index (χ0) is 13.0. The van der Waals surface area contributed by atoms with Crippen molar-refractivity contribution in [2.75, 3.05) is 6.61 Å². The van der Waals surface area contributed by atoms with E-state index in [0.29, 0.717) is 6.07 Å². The molecule has 0 amide bonds. The molecule has 1 aromatic rings. The predicted molar refractivity (Wildman–Crippen MR) is 51.2 cm³/mol. The maximum atomic E-state index is 12.9. The number of carbonyl (C=O) groups is 1. The van der Waals surface area contributed by atoms with Crippen LogP contribution < -0.4 is 0 Å². The van der Waals surface area contributed by atoms with Crippen molar-refractivity contribution in [2.45, 2.75) is 19.8 Å². The van der Waals surface area contributed by atoms with Crippen molar-refractivity contribution in [2.24, 2.45) is 0 Å². The Morgan fingerprint density at radius 2 is 2.24 bits per heavy atom. The number of ether oxygens (including phenoxy) is 1. The van der Waals surface area contributed by atoms with Gasteiger partial charge in [-0.1, -0.05) is 0 Å². The Bertz CT molecular complexity index is 424. The van der Waals surface area contributed by atoms with Gasteiger partial charge in [-0.2, -0.15) is 4.39 Å². The van der Waals surface area contributed by atoms with Crippen LogP contribution in [0.15, 0.2) is 6.07 Å². The minimum Gasteiger partial charge on any atom is -0.506 e. The van der Waals surface area contributed by atoms with E-state index in [-0.39, 0.29) is 6.61 Å². The van der Waals surface area contributed by atoms with Crippen LogP contribution in [0.2, 0.25) is 0 Å². The van der Waals surface area contributed by atoms with Gasteiger partial charge in [0.25, 0.3) is 6.43 Å². The SMILES string of the molecule is CCOC(=O)Cc1nc(F)cc(C(F)F)c1O. The molecule has 0 aromatic carbocycles. The molecule has 0 aliphatic carbocycles. The fourth-order valence-corrected chi connectivity index (χ4v) is 1.22. The lowest BCUT2D eigenvalue weighted by atomic mass is 10.1. The summed E-state index contributed by atoms with van der Waals surface area (Å²) >= 11 is 0. The first-order valence-corrected chi connectivity index (χ1v) is 4.77. The van der Waals surface area contributed by atoms with Gasteiger partial charge in [0.15, 0.2) is 0 Å². The molecule has 1 rings (SSSR count). The number of aromatic hydroxyl groups is 1. The van der Waals surface area contributed by atoms with Gasteiger partial charge in [-0.25, -0.2) is 13.8 Å². The van der Waals surface area contributed by atoms with Gasteiger partial charge in [-0.15, -0.1) is 0 Å². The average Bonchev–Trinajstić information content (AvgIpc) is 2.22. The van der Waals surface area contributed by atoms with E-state index in [1.807, 2.05) is 0 Å². The normalized spacial score (nSPS) is 10.6. The van der Waals surface area contributed by atoms with Gasteiger partial charge in [0, 0.05) is 6.07 Å².